The number of halogens is 1. The summed E-state index contributed by atoms with van der Waals surface area (Å²) in [5.74, 6) is -0.198. The van der Waals surface area contributed by atoms with E-state index >= 15 is 0 Å². The van der Waals surface area contributed by atoms with E-state index in [1.807, 2.05) is 12.1 Å². The van der Waals surface area contributed by atoms with E-state index in [0.717, 1.165) is 6.26 Å². The van der Waals surface area contributed by atoms with E-state index in [9.17, 15) is 13.2 Å². The van der Waals surface area contributed by atoms with E-state index in [2.05, 4.69) is 0 Å². The average Bonchev–Trinajstić information content (AvgIpc) is 2.87. The molecule has 1 aliphatic heterocycles. The lowest BCUT2D eigenvalue weighted by molar-refractivity contribution is -0.133. The van der Waals surface area contributed by atoms with Crippen LogP contribution in [0.25, 0.3) is 0 Å². The van der Waals surface area contributed by atoms with Crippen molar-refractivity contribution in [3.05, 3.63) is 29.3 Å². The lowest BCUT2D eigenvalue weighted by atomic mass is 10.2. The number of hydrogen-bond donors (Lipinski definition) is 0. The maximum atomic E-state index is 12.3. The number of sulfone groups is 1. The van der Waals surface area contributed by atoms with Crippen molar-refractivity contribution < 1.29 is 17.9 Å². The van der Waals surface area contributed by atoms with Crippen LogP contribution in [0.1, 0.15) is 13.3 Å². The standard InChI is InChI=1S/C15H20ClNO4S/c1-11(10-22(2,19)20)15(18)17-8-7-12(9-17)21-14-6-4-3-5-13(14)16/h3-6,11-12H,7-10H2,1-2H3/t11-,12+/m0/s1. The van der Waals surface area contributed by atoms with Crippen molar-refractivity contribution in [2.75, 3.05) is 25.1 Å². The monoisotopic (exact) mass is 345 g/mol. The number of benzene rings is 1. The molecule has 22 heavy (non-hydrogen) atoms. The van der Waals surface area contributed by atoms with Crippen molar-refractivity contribution in [1.29, 1.82) is 0 Å². The Kier molecular flexibility index (Phi) is 5.34. The number of para-hydroxylation sites is 1. The molecule has 0 N–H and O–H groups in total. The van der Waals surface area contributed by atoms with Gasteiger partial charge in [0.15, 0.2) is 0 Å². The average molecular weight is 346 g/mol. The van der Waals surface area contributed by atoms with Gasteiger partial charge in [0, 0.05) is 25.1 Å². The van der Waals surface area contributed by atoms with Gasteiger partial charge in [-0.1, -0.05) is 30.7 Å². The molecular formula is C15H20ClNO4S. The van der Waals surface area contributed by atoms with Crippen LogP contribution in [0.15, 0.2) is 24.3 Å². The van der Waals surface area contributed by atoms with Gasteiger partial charge in [-0.2, -0.15) is 0 Å². The zero-order chi connectivity index (χ0) is 16.3. The maximum Gasteiger partial charge on any atom is 0.226 e. The highest BCUT2D eigenvalue weighted by molar-refractivity contribution is 7.90. The Morgan fingerprint density at radius 2 is 2.14 bits per heavy atom. The summed E-state index contributed by atoms with van der Waals surface area (Å²) in [6, 6.07) is 7.21. The lowest BCUT2D eigenvalue weighted by Gasteiger charge is -2.21. The molecule has 1 heterocycles. The number of carbonyl (C=O) groups excluding carboxylic acids is 1. The molecule has 0 spiro atoms. The second-order valence-corrected chi connectivity index (χ2v) is 8.33. The fraction of sp³-hybridized carbons (Fsp3) is 0.533. The SMILES string of the molecule is C[C@@H](CS(C)(=O)=O)C(=O)N1CC[C@@H](Oc2ccccc2Cl)C1. The summed E-state index contributed by atoms with van der Waals surface area (Å²) in [7, 11) is -3.16. The molecule has 0 saturated carbocycles. The second kappa shape index (κ2) is 6.87. The number of amides is 1. The quantitative estimate of drug-likeness (QED) is 0.818. The van der Waals surface area contributed by atoms with Crippen molar-refractivity contribution in [2.45, 2.75) is 19.4 Å². The second-order valence-electron chi connectivity index (χ2n) is 5.74. The zero-order valence-electron chi connectivity index (χ0n) is 12.7. The fourth-order valence-electron chi connectivity index (χ4n) is 2.58. The largest absolute Gasteiger partial charge is 0.487 e. The van der Waals surface area contributed by atoms with Crippen LogP contribution in [-0.4, -0.2) is 50.4 Å². The molecule has 1 amide bonds. The minimum Gasteiger partial charge on any atom is -0.487 e. The summed E-state index contributed by atoms with van der Waals surface area (Å²) in [5, 5.41) is 0.540. The molecule has 122 valence electrons. The Hall–Kier alpha value is -1.27. The molecule has 1 fully saturated rings. The molecule has 0 unspecified atom stereocenters. The molecule has 2 atom stereocenters. The van der Waals surface area contributed by atoms with E-state index in [4.69, 9.17) is 16.3 Å². The van der Waals surface area contributed by atoms with Gasteiger partial charge in [0.1, 0.15) is 21.7 Å². The van der Waals surface area contributed by atoms with Crippen molar-refractivity contribution in [2.24, 2.45) is 5.92 Å². The summed E-state index contributed by atoms with van der Waals surface area (Å²) < 4.78 is 28.4. The van der Waals surface area contributed by atoms with Crippen LogP contribution >= 0.6 is 11.6 Å². The van der Waals surface area contributed by atoms with Gasteiger partial charge in [-0.15, -0.1) is 0 Å². The van der Waals surface area contributed by atoms with Gasteiger partial charge in [-0.05, 0) is 12.1 Å². The van der Waals surface area contributed by atoms with Crippen LogP contribution in [-0.2, 0) is 14.6 Å². The summed E-state index contributed by atoms with van der Waals surface area (Å²) in [6.45, 7) is 2.67. The van der Waals surface area contributed by atoms with Crippen molar-refractivity contribution in [3.8, 4) is 5.75 Å². The fourth-order valence-corrected chi connectivity index (χ4v) is 3.81. The minimum absolute atomic E-state index is 0.116. The Balaban J connectivity index is 1.92. The first kappa shape index (κ1) is 17.1. The number of nitrogens with zero attached hydrogens (tertiary/aromatic N) is 1. The summed E-state index contributed by atoms with van der Waals surface area (Å²) >= 11 is 6.05. The molecule has 7 heteroatoms. The topological polar surface area (TPSA) is 63.7 Å². The van der Waals surface area contributed by atoms with E-state index in [-0.39, 0.29) is 17.8 Å². The first-order valence-corrected chi connectivity index (χ1v) is 9.58. The minimum atomic E-state index is -3.16. The van der Waals surface area contributed by atoms with E-state index in [0.29, 0.717) is 30.3 Å². The van der Waals surface area contributed by atoms with Gasteiger partial charge in [0.2, 0.25) is 5.91 Å². The first-order chi connectivity index (χ1) is 10.3. The number of hydrogen-bond acceptors (Lipinski definition) is 4. The highest BCUT2D eigenvalue weighted by atomic mass is 35.5. The lowest BCUT2D eigenvalue weighted by Crippen LogP contribution is -2.37. The third-order valence-electron chi connectivity index (χ3n) is 3.56. The Morgan fingerprint density at radius 1 is 1.45 bits per heavy atom. The number of carbonyl (C=O) groups is 1. The number of likely N-dealkylation sites (tertiary alicyclic amines) is 1. The normalized spacial score (nSPS) is 20.0. The molecule has 0 aliphatic carbocycles. The van der Waals surface area contributed by atoms with Crippen LogP contribution in [0.2, 0.25) is 5.02 Å². The van der Waals surface area contributed by atoms with Gasteiger partial charge in [-0.3, -0.25) is 4.79 Å². The molecular weight excluding hydrogens is 326 g/mol. The zero-order valence-corrected chi connectivity index (χ0v) is 14.2. The summed E-state index contributed by atoms with van der Waals surface area (Å²) in [6.07, 6.45) is 1.74. The molecule has 1 aromatic rings. The predicted molar refractivity (Wildman–Crippen MR) is 85.9 cm³/mol. The smallest absolute Gasteiger partial charge is 0.226 e. The highest BCUT2D eigenvalue weighted by Crippen LogP contribution is 2.26. The molecule has 1 aliphatic rings. The number of ether oxygens (including phenoxy) is 1. The summed E-state index contributed by atoms with van der Waals surface area (Å²) in [5.41, 5.74) is 0. The van der Waals surface area contributed by atoms with Gasteiger partial charge >= 0.3 is 0 Å². The highest BCUT2D eigenvalue weighted by Gasteiger charge is 2.31. The maximum absolute atomic E-state index is 12.3. The molecule has 0 aromatic heterocycles. The third kappa shape index (κ3) is 4.61. The Labute approximate surface area is 136 Å². The Morgan fingerprint density at radius 3 is 2.77 bits per heavy atom. The van der Waals surface area contributed by atoms with Gasteiger partial charge in [-0.25, -0.2) is 8.42 Å². The van der Waals surface area contributed by atoms with E-state index < -0.39 is 15.8 Å². The van der Waals surface area contributed by atoms with E-state index in [1.54, 1.807) is 24.0 Å². The molecule has 2 rings (SSSR count). The van der Waals surface area contributed by atoms with E-state index in [1.165, 1.54) is 0 Å². The van der Waals surface area contributed by atoms with Crippen LogP contribution in [0, 0.1) is 5.92 Å². The van der Waals surface area contributed by atoms with Gasteiger partial charge < -0.3 is 9.64 Å². The summed E-state index contributed by atoms with van der Waals surface area (Å²) in [4.78, 5) is 13.9. The Bertz CT molecular complexity index is 647. The van der Waals surface area contributed by atoms with Crippen LogP contribution in [0.5, 0.6) is 5.75 Å². The molecule has 0 radical (unpaired) electrons. The molecule has 0 bridgehead atoms. The van der Waals surface area contributed by atoms with Gasteiger partial charge in [0.25, 0.3) is 0 Å². The molecule has 1 aromatic carbocycles. The van der Waals surface area contributed by atoms with Crippen molar-refractivity contribution in [3.63, 3.8) is 0 Å². The molecule has 5 nitrogen and oxygen atoms in total. The van der Waals surface area contributed by atoms with Crippen molar-refractivity contribution in [1.82, 2.24) is 4.90 Å². The van der Waals surface area contributed by atoms with Gasteiger partial charge in [0.05, 0.1) is 17.3 Å². The number of rotatable bonds is 5. The molecule has 1 saturated heterocycles. The van der Waals surface area contributed by atoms with Crippen molar-refractivity contribution >= 4 is 27.3 Å². The first-order valence-electron chi connectivity index (χ1n) is 7.14. The third-order valence-corrected chi connectivity index (χ3v) is 4.98. The van der Waals surface area contributed by atoms with Crippen LogP contribution < -0.4 is 4.74 Å². The predicted octanol–water partition coefficient (Wildman–Crippen LogP) is 2.00. The van der Waals surface area contributed by atoms with Crippen LogP contribution in [0.3, 0.4) is 0 Å². The van der Waals surface area contributed by atoms with Crippen LogP contribution in [0.4, 0.5) is 0 Å².